The summed E-state index contributed by atoms with van der Waals surface area (Å²) in [5.41, 5.74) is 2.46. The molecule has 0 aliphatic heterocycles. The maximum Gasteiger partial charge on any atom is 0.122 e. The molecule has 1 aromatic rings. The topological polar surface area (TPSA) is 9.23 Å². The van der Waals surface area contributed by atoms with E-state index in [0.29, 0.717) is 11.4 Å². The summed E-state index contributed by atoms with van der Waals surface area (Å²) in [5, 5.41) is 0. The lowest BCUT2D eigenvalue weighted by molar-refractivity contribution is 0.337. The van der Waals surface area contributed by atoms with Gasteiger partial charge in [-0.15, -0.1) is 0 Å². The molecule has 0 fully saturated rings. The summed E-state index contributed by atoms with van der Waals surface area (Å²) in [6.45, 7) is 6.91. The summed E-state index contributed by atoms with van der Waals surface area (Å²) in [6, 6.07) is 4.03. The maximum atomic E-state index is 5.54. The molecule has 78 valence electrons. The first-order chi connectivity index (χ1) is 6.57. The van der Waals surface area contributed by atoms with E-state index in [1.54, 1.807) is 0 Å². The van der Waals surface area contributed by atoms with Crippen LogP contribution in [-0.2, 0) is 0 Å². The third-order valence-electron chi connectivity index (χ3n) is 2.11. The van der Waals surface area contributed by atoms with E-state index in [2.05, 4.69) is 45.7 Å². The second-order valence-corrected chi connectivity index (χ2v) is 5.36. The van der Waals surface area contributed by atoms with Crippen LogP contribution < -0.4 is 4.74 Å². The molecule has 0 heterocycles. The van der Waals surface area contributed by atoms with Gasteiger partial charge in [-0.25, -0.2) is 0 Å². The molecule has 1 atom stereocenters. The van der Waals surface area contributed by atoms with Crippen molar-refractivity contribution in [3.63, 3.8) is 0 Å². The molecule has 0 saturated carbocycles. The Morgan fingerprint density at radius 3 is 2.57 bits per heavy atom. The van der Waals surface area contributed by atoms with Crippen molar-refractivity contribution in [2.24, 2.45) is 0 Å². The van der Waals surface area contributed by atoms with Crippen molar-refractivity contribution in [1.82, 2.24) is 0 Å². The van der Waals surface area contributed by atoms with Crippen LogP contribution in [0.3, 0.4) is 0 Å². The average Bonchev–Trinajstić information content (AvgIpc) is 2.10. The van der Waals surface area contributed by atoms with Crippen molar-refractivity contribution >= 4 is 31.9 Å². The van der Waals surface area contributed by atoms with Gasteiger partial charge in [-0.2, -0.15) is 0 Å². The summed E-state index contributed by atoms with van der Waals surface area (Å²) in [7, 11) is 0. The third-order valence-corrected chi connectivity index (χ3v) is 3.26. The van der Waals surface area contributed by atoms with Crippen molar-refractivity contribution in [1.29, 1.82) is 0 Å². The molecule has 1 aromatic carbocycles. The first-order valence-electron chi connectivity index (χ1n) is 4.63. The van der Waals surface area contributed by atoms with Gasteiger partial charge >= 0.3 is 0 Å². The zero-order valence-corrected chi connectivity index (χ0v) is 11.8. The van der Waals surface area contributed by atoms with Crippen LogP contribution in [0.4, 0.5) is 0 Å². The fraction of sp³-hybridized carbons (Fsp3) is 0.455. The summed E-state index contributed by atoms with van der Waals surface area (Å²) >= 11 is 7.13. The molecule has 0 amide bonds. The van der Waals surface area contributed by atoms with Crippen molar-refractivity contribution in [2.45, 2.75) is 25.6 Å². The summed E-state index contributed by atoms with van der Waals surface area (Å²) in [4.78, 5) is 0.331. The number of hydrogen-bond donors (Lipinski definition) is 0. The lowest BCUT2D eigenvalue weighted by Gasteiger charge is -2.15. The van der Waals surface area contributed by atoms with Gasteiger partial charge in [0.15, 0.2) is 0 Å². The number of hydrogen-bond acceptors (Lipinski definition) is 1. The van der Waals surface area contributed by atoms with Crippen molar-refractivity contribution in [2.75, 3.05) is 6.61 Å². The van der Waals surface area contributed by atoms with Gasteiger partial charge in [0, 0.05) is 9.30 Å². The van der Waals surface area contributed by atoms with Crippen LogP contribution >= 0.6 is 31.9 Å². The molecule has 3 heteroatoms. The van der Waals surface area contributed by atoms with E-state index in [1.165, 1.54) is 11.1 Å². The van der Waals surface area contributed by atoms with Crippen LogP contribution in [-0.4, -0.2) is 6.61 Å². The maximum absolute atomic E-state index is 5.54. The van der Waals surface area contributed by atoms with Crippen LogP contribution in [0.5, 0.6) is 5.75 Å². The minimum absolute atomic E-state index is 0.331. The predicted molar refractivity (Wildman–Crippen MR) is 67.4 cm³/mol. The highest BCUT2D eigenvalue weighted by Crippen LogP contribution is 2.36. The molecule has 0 aliphatic carbocycles. The number of benzene rings is 1. The fourth-order valence-electron chi connectivity index (χ4n) is 1.48. The zero-order chi connectivity index (χ0) is 10.7. The molecule has 0 N–H and O–H groups in total. The van der Waals surface area contributed by atoms with Gasteiger partial charge in [0.1, 0.15) is 5.75 Å². The zero-order valence-electron chi connectivity index (χ0n) is 8.60. The van der Waals surface area contributed by atoms with Gasteiger partial charge in [0.05, 0.1) is 6.61 Å². The average molecular weight is 322 g/mol. The first-order valence-corrected chi connectivity index (χ1v) is 6.34. The van der Waals surface area contributed by atoms with E-state index in [0.717, 1.165) is 10.2 Å². The molecule has 0 aromatic heterocycles. The van der Waals surface area contributed by atoms with E-state index in [1.807, 2.05) is 19.1 Å². The second kappa shape index (κ2) is 5.17. The molecule has 0 saturated heterocycles. The van der Waals surface area contributed by atoms with Gasteiger partial charge < -0.3 is 4.74 Å². The summed E-state index contributed by atoms with van der Waals surface area (Å²) < 4.78 is 6.67. The number of halogens is 2. The van der Waals surface area contributed by atoms with Gasteiger partial charge in [0.2, 0.25) is 0 Å². The van der Waals surface area contributed by atoms with Gasteiger partial charge in [0.25, 0.3) is 0 Å². The van der Waals surface area contributed by atoms with Crippen molar-refractivity contribution in [3.05, 3.63) is 27.7 Å². The molecular weight excluding hydrogens is 308 g/mol. The fourth-order valence-corrected chi connectivity index (χ4v) is 3.15. The number of alkyl halides is 1. The smallest absolute Gasteiger partial charge is 0.122 e. The Morgan fingerprint density at radius 2 is 2.07 bits per heavy atom. The summed E-state index contributed by atoms with van der Waals surface area (Å²) in [6.07, 6.45) is 0. The molecule has 0 bridgehead atoms. The van der Waals surface area contributed by atoms with Gasteiger partial charge in [-0.05, 0) is 44.0 Å². The lowest BCUT2D eigenvalue weighted by atomic mass is 10.1. The van der Waals surface area contributed by atoms with Crippen LogP contribution in [0, 0.1) is 6.92 Å². The van der Waals surface area contributed by atoms with Crippen LogP contribution in [0.1, 0.15) is 29.8 Å². The van der Waals surface area contributed by atoms with Gasteiger partial charge in [-0.3, -0.25) is 0 Å². The molecule has 1 nitrogen and oxygen atoms in total. The highest BCUT2D eigenvalue weighted by Gasteiger charge is 2.12. The highest BCUT2D eigenvalue weighted by molar-refractivity contribution is 9.11. The quantitative estimate of drug-likeness (QED) is 0.738. The van der Waals surface area contributed by atoms with E-state index in [-0.39, 0.29) is 0 Å². The normalized spacial score (nSPS) is 12.6. The highest BCUT2D eigenvalue weighted by atomic mass is 79.9. The SMILES string of the molecule is CCOc1ccc(Br)c(C(C)Br)c1C. The van der Waals surface area contributed by atoms with E-state index in [9.17, 15) is 0 Å². The monoisotopic (exact) mass is 320 g/mol. The number of rotatable bonds is 3. The van der Waals surface area contributed by atoms with E-state index in [4.69, 9.17) is 4.74 Å². The Labute approximate surface area is 102 Å². The molecular formula is C11H14Br2O. The predicted octanol–water partition coefficient (Wildman–Crippen LogP) is 4.61. The standard InChI is InChI=1S/C11H14Br2O/c1-4-14-10-6-5-9(13)11(7(10)2)8(3)12/h5-6,8H,4H2,1-3H3. The van der Waals surface area contributed by atoms with Crippen molar-refractivity contribution < 1.29 is 4.74 Å². The second-order valence-electron chi connectivity index (χ2n) is 3.13. The van der Waals surface area contributed by atoms with Crippen LogP contribution in [0.25, 0.3) is 0 Å². The molecule has 14 heavy (non-hydrogen) atoms. The van der Waals surface area contributed by atoms with Gasteiger partial charge in [-0.1, -0.05) is 31.9 Å². The Hall–Kier alpha value is -0.0200. The Bertz CT molecular complexity index is 321. The minimum atomic E-state index is 0.331. The largest absolute Gasteiger partial charge is 0.494 e. The third kappa shape index (κ3) is 2.51. The molecule has 0 aliphatic rings. The molecule has 0 radical (unpaired) electrons. The summed E-state index contributed by atoms with van der Waals surface area (Å²) in [5.74, 6) is 0.969. The molecule has 0 spiro atoms. The van der Waals surface area contributed by atoms with Crippen molar-refractivity contribution in [3.8, 4) is 5.75 Å². The molecule has 1 rings (SSSR count). The van der Waals surface area contributed by atoms with Crippen LogP contribution in [0.2, 0.25) is 0 Å². The number of ether oxygens (including phenoxy) is 1. The molecule has 1 unspecified atom stereocenters. The Kier molecular flexibility index (Phi) is 4.45. The van der Waals surface area contributed by atoms with E-state index >= 15 is 0 Å². The minimum Gasteiger partial charge on any atom is -0.494 e. The Morgan fingerprint density at radius 1 is 1.43 bits per heavy atom. The van der Waals surface area contributed by atoms with Crippen LogP contribution in [0.15, 0.2) is 16.6 Å². The van der Waals surface area contributed by atoms with E-state index < -0.39 is 0 Å². The lowest BCUT2D eigenvalue weighted by Crippen LogP contribution is -1.98. The Balaban J connectivity index is 3.19. The first kappa shape index (κ1) is 12.1.